The van der Waals surface area contributed by atoms with Gasteiger partial charge in [-0.25, -0.2) is 17.8 Å². The van der Waals surface area contributed by atoms with Crippen molar-refractivity contribution in [1.82, 2.24) is 9.84 Å². The maximum absolute atomic E-state index is 13.3. The second kappa shape index (κ2) is 4.36. The highest BCUT2D eigenvalue weighted by Crippen LogP contribution is 2.20. The number of nitrogens with one attached hydrogen (secondary N) is 1. The van der Waals surface area contributed by atoms with Gasteiger partial charge in [-0.1, -0.05) is 0 Å². The molecule has 0 saturated carbocycles. The molecular formula is C9H14FN3O2S. The van der Waals surface area contributed by atoms with Crippen LogP contribution in [0, 0.1) is 12.7 Å². The van der Waals surface area contributed by atoms with Gasteiger partial charge in [-0.3, -0.25) is 0 Å². The van der Waals surface area contributed by atoms with Gasteiger partial charge in [-0.15, -0.1) is 4.83 Å². The van der Waals surface area contributed by atoms with E-state index >= 15 is 0 Å². The Morgan fingerprint density at radius 1 is 1.38 bits per heavy atom. The summed E-state index contributed by atoms with van der Waals surface area (Å²) in [4.78, 5) is 2.00. The van der Waals surface area contributed by atoms with Crippen molar-refractivity contribution in [2.45, 2.75) is 11.8 Å². The van der Waals surface area contributed by atoms with Gasteiger partial charge in [0.1, 0.15) is 5.82 Å². The summed E-state index contributed by atoms with van der Waals surface area (Å²) in [7, 11) is -0.727. The Balaban J connectivity index is 3.25. The molecule has 0 amide bonds. The van der Waals surface area contributed by atoms with Crippen LogP contribution in [-0.2, 0) is 10.0 Å². The molecule has 0 aliphatic rings. The molecule has 0 aromatic heterocycles. The van der Waals surface area contributed by atoms with E-state index in [1.807, 2.05) is 0 Å². The number of sulfonamides is 1. The number of hydrazine groups is 1. The minimum Gasteiger partial charge on any atom is -0.398 e. The van der Waals surface area contributed by atoms with E-state index in [4.69, 9.17) is 5.73 Å². The SMILES string of the molecule is Cc1c(N)cc(S(=O)(=O)NN(C)C)cc1F. The molecule has 1 aromatic rings. The van der Waals surface area contributed by atoms with E-state index in [1.165, 1.54) is 32.1 Å². The van der Waals surface area contributed by atoms with E-state index in [0.717, 1.165) is 6.07 Å². The minimum absolute atomic E-state index is 0.110. The van der Waals surface area contributed by atoms with Crippen molar-refractivity contribution >= 4 is 15.7 Å². The summed E-state index contributed by atoms with van der Waals surface area (Å²) in [6.07, 6.45) is 0. The van der Waals surface area contributed by atoms with Crippen LogP contribution in [0.15, 0.2) is 17.0 Å². The second-order valence-electron chi connectivity index (χ2n) is 3.61. The van der Waals surface area contributed by atoms with E-state index in [9.17, 15) is 12.8 Å². The highest BCUT2D eigenvalue weighted by molar-refractivity contribution is 7.89. The van der Waals surface area contributed by atoms with Gasteiger partial charge in [0.05, 0.1) is 4.90 Å². The van der Waals surface area contributed by atoms with Crippen molar-refractivity contribution in [2.75, 3.05) is 19.8 Å². The van der Waals surface area contributed by atoms with Crippen LogP contribution in [0.2, 0.25) is 0 Å². The number of anilines is 1. The first-order chi connectivity index (χ1) is 7.24. The van der Waals surface area contributed by atoms with E-state index in [2.05, 4.69) is 4.83 Å². The van der Waals surface area contributed by atoms with E-state index in [-0.39, 0.29) is 16.1 Å². The highest BCUT2D eigenvalue weighted by atomic mass is 32.2. The fraction of sp³-hybridized carbons (Fsp3) is 0.333. The summed E-state index contributed by atoms with van der Waals surface area (Å²) in [6.45, 7) is 1.49. The van der Waals surface area contributed by atoms with Crippen LogP contribution in [0.1, 0.15) is 5.56 Å². The monoisotopic (exact) mass is 247 g/mol. The maximum atomic E-state index is 13.3. The van der Waals surface area contributed by atoms with Crippen molar-refractivity contribution in [3.05, 3.63) is 23.5 Å². The molecule has 90 valence electrons. The van der Waals surface area contributed by atoms with Gasteiger partial charge < -0.3 is 5.73 Å². The molecule has 0 heterocycles. The smallest absolute Gasteiger partial charge is 0.253 e. The minimum atomic E-state index is -3.77. The molecule has 0 bridgehead atoms. The average Bonchev–Trinajstić information content (AvgIpc) is 2.11. The Hall–Kier alpha value is -1.18. The number of nitrogens with two attached hydrogens (primary N) is 1. The number of hydrogen-bond donors (Lipinski definition) is 2. The van der Waals surface area contributed by atoms with Crippen molar-refractivity contribution < 1.29 is 12.8 Å². The predicted molar refractivity (Wildman–Crippen MR) is 59.6 cm³/mol. The van der Waals surface area contributed by atoms with Gasteiger partial charge in [0, 0.05) is 25.3 Å². The zero-order valence-corrected chi connectivity index (χ0v) is 10.1. The first kappa shape index (κ1) is 12.9. The van der Waals surface area contributed by atoms with Crippen LogP contribution in [0.25, 0.3) is 0 Å². The zero-order valence-electron chi connectivity index (χ0n) is 9.28. The van der Waals surface area contributed by atoms with Crippen molar-refractivity contribution in [1.29, 1.82) is 0 Å². The Morgan fingerprint density at radius 3 is 2.38 bits per heavy atom. The molecule has 0 saturated heterocycles. The van der Waals surface area contributed by atoms with Crippen molar-refractivity contribution in [2.24, 2.45) is 0 Å². The summed E-state index contributed by atoms with van der Waals surface area (Å²) >= 11 is 0. The van der Waals surface area contributed by atoms with Gasteiger partial charge in [-0.05, 0) is 19.1 Å². The lowest BCUT2D eigenvalue weighted by Crippen LogP contribution is -2.36. The Labute approximate surface area is 94.1 Å². The lowest BCUT2D eigenvalue weighted by Gasteiger charge is -2.13. The molecule has 7 heteroatoms. The predicted octanol–water partition coefficient (Wildman–Crippen LogP) is 0.471. The summed E-state index contributed by atoms with van der Waals surface area (Å²) < 4.78 is 36.7. The van der Waals surface area contributed by atoms with Crippen LogP contribution in [0.5, 0.6) is 0 Å². The molecule has 0 unspecified atom stereocenters. The summed E-state index contributed by atoms with van der Waals surface area (Å²) in [5.41, 5.74) is 5.85. The second-order valence-corrected chi connectivity index (χ2v) is 5.27. The fourth-order valence-corrected chi connectivity index (χ4v) is 2.25. The molecule has 3 N–H and O–H groups in total. The first-order valence-corrected chi connectivity index (χ1v) is 5.98. The van der Waals surface area contributed by atoms with Crippen molar-refractivity contribution in [3.63, 3.8) is 0 Å². The molecule has 1 aromatic carbocycles. The van der Waals surface area contributed by atoms with Crippen LogP contribution < -0.4 is 10.6 Å². The highest BCUT2D eigenvalue weighted by Gasteiger charge is 2.17. The van der Waals surface area contributed by atoms with Crippen molar-refractivity contribution in [3.8, 4) is 0 Å². The Morgan fingerprint density at radius 2 is 1.94 bits per heavy atom. The average molecular weight is 247 g/mol. The normalized spacial score (nSPS) is 12.1. The fourth-order valence-electron chi connectivity index (χ4n) is 1.12. The van der Waals surface area contributed by atoms with E-state index in [1.54, 1.807) is 0 Å². The zero-order chi connectivity index (χ0) is 12.5. The third-order valence-electron chi connectivity index (χ3n) is 1.97. The van der Waals surface area contributed by atoms with Gasteiger partial charge in [-0.2, -0.15) is 0 Å². The number of benzene rings is 1. The van der Waals surface area contributed by atoms with Crippen LogP contribution in [0.3, 0.4) is 0 Å². The number of nitrogen functional groups attached to an aromatic ring is 1. The number of halogens is 1. The molecule has 0 spiro atoms. The molecule has 0 radical (unpaired) electrons. The van der Waals surface area contributed by atoms with Gasteiger partial charge in [0.2, 0.25) is 0 Å². The first-order valence-electron chi connectivity index (χ1n) is 4.49. The van der Waals surface area contributed by atoms with E-state index in [0.29, 0.717) is 0 Å². The van der Waals surface area contributed by atoms with Crippen LogP contribution in [-0.4, -0.2) is 27.5 Å². The Bertz CT molecular complexity index is 476. The standard InChI is InChI=1S/C9H14FN3O2S/c1-6-8(10)4-7(5-9(6)11)16(14,15)12-13(2)3/h4-5,12H,11H2,1-3H3. The quantitative estimate of drug-likeness (QED) is 0.601. The number of nitrogens with zero attached hydrogens (tertiary/aromatic N) is 1. The Kier molecular flexibility index (Phi) is 3.51. The third-order valence-corrected chi connectivity index (χ3v) is 3.43. The van der Waals surface area contributed by atoms with Crippen LogP contribution in [0.4, 0.5) is 10.1 Å². The molecular weight excluding hydrogens is 233 g/mol. The van der Waals surface area contributed by atoms with Crippen LogP contribution >= 0.6 is 0 Å². The van der Waals surface area contributed by atoms with Gasteiger partial charge in [0.15, 0.2) is 0 Å². The molecule has 0 fully saturated rings. The van der Waals surface area contributed by atoms with Gasteiger partial charge >= 0.3 is 0 Å². The molecule has 0 aliphatic heterocycles. The molecule has 16 heavy (non-hydrogen) atoms. The molecule has 0 aliphatic carbocycles. The number of rotatable bonds is 3. The molecule has 0 atom stereocenters. The number of hydrogen-bond acceptors (Lipinski definition) is 4. The lowest BCUT2D eigenvalue weighted by molar-refractivity contribution is 0.364. The largest absolute Gasteiger partial charge is 0.398 e. The van der Waals surface area contributed by atoms with E-state index < -0.39 is 15.8 Å². The molecule has 5 nitrogen and oxygen atoms in total. The third kappa shape index (κ3) is 2.69. The summed E-state index contributed by atoms with van der Waals surface area (Å²) in [5, 5.41) is 1.25. The maximum Gasteiger partial charge on any atom is 0.253 e. The van der Waals surface area contributed by atoms with Gasteiger partial charge in [0.25, 0.3) is 10.0 Å². The summed E-state index contributed by atoms with van der Waals surface area (Å²) in [6, 6.07) is 2.17. The topological polar surface area (TPSA) is 75.4 Å². The summed E-state index contributed by atoms with van der Waals surface area (Å²) in [5.74, 6) is -0.640. The molecule has 1 rings (SSSR count). The lowest BCUT2D eigenvalue weighted by atomic mass is 10.2.